The first-order valence-electron chi connectivity index (χ1n) is 10.3. The highest BCUT2D eigenvalue weighted by atomic mass is 16.5. The number of hydrogen-bond donors (Lipinski definition) is 1. The van der Waals surface area contributed by atoms with Gasteiger partial charge in [-0.2, -0.15) is 0 Å². The maximum atomic E-state index is 12.4. The van der Waals surface area contributed by atoms with Gasteiger partial charge in [0.05, 0.1) is 24.3 Å². The summed E-state index contributed by atoms with van der Waals surface area (Å²) >= 11 is 0. The fourth-order valence-electron chi connectivity index (χ4n) is 3.83. The maximum absolute atomic E-state index is 12.4. The van der Waals surface area contributed by atoms with Gasteiger partial charge < -0.3 is 10.1 Å². The van der Waals surface area contributed by atoms with E-state index < -0.39 is 0 Å². The van der Waals surface area contributed by atoms with Crippen LogP contribution in [0.5, 0.6) is 0 Å². The summed E-state index contributed by atoms with van der Waals surface area (Å²) in [5.41, 5.74) is 2.76. The number of benzene rings is 2. The van der Waals surface area contributed by atoms with Gasteiger partial charge in [0, 0.05) is 38.3 Å². The SMILES string of the molecule is O=C(CCCN1C(=O)c2ccccc2C1=O)Nc1cccc(CN2CCOCC2)c1. The largest absolute Gasteiger partial charge is 0.379 e. The summed E-state index contributed by atoms with van der Waals surface area (Å²) in [6, 6.07) is 14.6. The molecule has 30 heavy (non-hydrogen) atoms. The molecule has 7 nitrogen and oxygen atoms in total. The van der Waals surface area contributed by atoms with E-state index in [1.807, 2.05) is 24.3 Å². The molecule has 0 unspecified atom stereocenters. The number of carbonyl (C=O) groups excluding carboxylic acids is 3. The van der Waals surface area contributed by atoms with Crippen molar-refractivity contribution >= 4 is 23.4 Å². The number of hydrogen-bond acceptors (Lipinski definition) is 5. The average Bonchev–Trinajstić information content (AvgIpc) is 3.00. The van der Waals surface area contributed by atoms with E-state index >= 15 is 0 Å². The number of ether oxygens (including phenoxy) is 1. The smallest absolute Gasteiger partial charge is 0.261 e. The van der Waals surface area contributed by atoms with E-state index in [1.54, 1.807) is 24.3 Å². The molecule has 1 saturated heterocycles. The van der Waals surface area contributed by atoms with Crippen LogP contribution in [0.1, 0.15) is 39.1 Å². The van der Waals surface area contributed by atoms with Crippen LogP contribution in [0.2, 0.25) is 0 Å². The predicted molar refractivity (Wildman–Crippen MR) is 112 cm³/mol. The first-order chi connectivity index (χ1) is 14.6. The number of anilines is 1. The molecule has 156 valence electrons. The molecule has 3 amide bonds. The average molecular weight is 407 g/mol. The number of fused-ring (bicyclic) bond motifs is 1. The molecule has 0 atom stereocenters. The van der Waals surface area contributed by atoms with E-state index in [9.17, 15) is 14.4 Å². The van der Waals surface area contributed by atoms with Crippen LogP contribution in [-0.2, 0) is 16.1 Å². The van der Waals surface area contributed by atoms with Crippen LogP contribution in [0.15, 0.2) is 48.5 Å². The van der Waals surface area contributed by atoms with Crippen molar-refractivity contribution in [2.75, 3.05) is 38.2 Å². The third kappa shape index (κ3) is 4.58. The van der Waals surface area contributed by atoms with Crippen molar-refractivity contribution in [3.8, 4) is 0 Å². The summed E-state index contributed by atoms with van der Waals surface area (Å²) in [6.07, 6.45) is 0.659. The minimum atomic E-state index is -0.285. The van der Waals surface area contributed by atoms with Crippen molar-refractivity contribution in [2.45, 2.75) is 19.4 Å². The van der Waals surface area contributed by atoms with E-state index in [1.165, 1.54) is 4.90 Å². The Balaban J connectivity index is 1.26. The van der Waals surface area contributed by atoms with Gasteiger partial charge in [-0.05, 0) is 36.2 Å². The summed E-state index contributed by atoms with van der Waals surface area (Å²) in [5, 5.41) is 2.91. The van der Waals surface area contributed by atoms with Gasteiger partial charge in [0.1, 0.15) is 0 Å². The molecule has 7 heteroatoms. The van der Waals surface area contributed by atoms with E-state index in [2.05, 4.69) is 10.2 Å². The zero-order chi connectivity index (χ0) is 20.9. The third-order valence-electron chi connectivity index (χ3n) is 5.38. The minimum Gasteiger partial charge on any atom is -0.379 e. The van der Waals surface area contributed by atoms with Crippen molar-refractivity contribution in [1.82, 2.24) is 9.80 Å². The number of morpholine rings is 1. The molecule has 2 aromatic rings. The van der Waals surface area contributed by atoms with E-state index in [0.29, 0.717) is 17.5 Å². The summed E-state index contributed by atoms with van der Waals surface area (Å²) in [4.78, 5) is 40.6. The number of amides is 3. The molecule has 0 spiro atoms. The first-order valence-corrected chi connectivity index (χ1v) is 10.3. The monoisotopic (exact) mass is 407 g/mol. The topological polar surface area (TPSA) is 79.0 Å². The zero-order valence-corrected chi connectivity index (χ0v) is 16.8. The fraction of sp³-hybridized carbons (Fsp3) is 0.348. The first kappa shape index (κ1) is 20.3. The highest BCUT2D eigenvalue weighted by Crippen LogP contribution is 2.22. The van der Waals surface area contributed by atoms with Crippen LogP contribution in [0.4, 0.5) is 5.69 Å². The lowest BCUT2D eigenvalue weighted by Crippen LogP contribution is -2.35. The Morgan fingerprint density at radius 3 is 2.37 bits per heavy atom. The van der Waals surface area contributed by atoms with Crippen molar-refractivity contribution < 1.29 is 19.1 Å². The number of carbonyl (C=O) groups is 3. The fourth-order valence-corrected chi connectivity index (χ4v) is 3.83. The van der Waals surface area contributed by atoms with Gasteiger partial charge in [-0.15, -0.1) is 0 Å². The lowest BCUT2D eigenvalue weighted by molar-refractivity contribution is -0.116. The molecule has 0 saturated carbocycles. The standard InChI is InChI=1S/C23H25N3O4/c27-21(9-4-10-26-22(28)19-7-1-2-8-20(19)23(26)29)24-18-6-3-5-17(15-18)16-25-11-13-30-14-12-25/h1-3,5-8,15H,4,9-14,16H2,(H,24,27). The predicted octanol–water partition coefficient (Wildman–Crippen LogP) is 2.53. The molecule has 2 heterocycles. The van der Waals surface area contributed by atoms with Gasteiger partial charge in [-0.25, -0.2) is 0 Å². The van der Waals surface area contributed by atoms with Crippen molar-refractivity contribution in [3.63, 3.8) is 0 Å². The molecule has 1 fully saturated rings. The molecule has 2 aromatic carbocycles. The Bertz CT molecular complexity index is 918. The molecule has 0 radical (unpaired) electrons. The van der Waals surface area contributed by atoms with Crippen molar-refractivity contribution in [3.05, 3.63) is 65.2 Å². The molecule has 2 aliphatic heterocycles. The second kappa shape index (κ2) is 9.19. The molecule has 1 N–H and O–H groups in total. The van der Waals surface area contributed by atoms with Gasteiger partial charge in [0.15, 0.2) is 0 Å². The van der Waals surface area contributed by atoms with E-state index in [-0.39, 0.29) is 30.7 Å². The van der Waals surface area contributed by atoms with Crippen LogP contribution in [0.3, 0.4) is 0 Å². The van der Waals surface area contributed by atoms with Crippen LogP contribution in [0, 0.1) is 0 Å². The Morgan fingerprint density at radius 1 is 0.967 bits per heavy atom. The number of rotatable bonds is 7. The zero-order valence-electron chi connectivity index (χ0n) is 16.8. The van der Waals surface area contributed by atoms with Gasteiger partial charge >= 0.3 is 0 Å². The van der Waals surface area contributed by atoms with Gasteiger partial charge in [0.2, 0.25) is 5.91 Å². The number of nitrogens with zero attached hydrogens (tertiary/aromatic N) is 2. The molecule has 2 aliphatic rings. The van der Waals surface area contributed by atoms with Gasteiger partial charge in [0.25, 0.3) is 11.8 Å². The van der Waals surface area contributed by atoms with Crippen molar-refractivity contribution in [2.24, 2.45) is 0 Å². The van der Waals surface area contributed by atoms with Crippen LogP contribution in [0.25, 0.3) is 0 Å². The highest BCUT2D eigenvalue weighted by molar-refractivity contribution is 6.21. The normalized spacial score (nSPS) is 16.6. The van der Waals surface area contributed by atoms with E-state index in [4.69, 9.17) is 4.74 Å². The summed E-state index contributed by atoms with van der Waals surface area (Å²) in [5.74, 6) is -0.700. The lowest BCUT2D eigenvalue weighted by Gasteiger charge is -2.26. The van der Waals surface area contributed by atoms with Crippen LogP contribution < -0.4 is 5.32 Å². The lowest BCUT2D eigenvalue weighted by atomic mass is 10.1. The molecule has 0 bridgehead atoms. The van der Waals surface area contributed by atoms with Crippen molar-refractivity contribution in [1.29, 1.82) is 0 Å². The second-order valence-electron chi connectivity index (χ2n) is 7.55. The number of nitrogens with one attached hydrogen (secondary N) is 1. The quantitative estimate of drug-likeness (QED) is 0.714. The summed E-state index contributed by atoms with van der Waals surface area (Å²) in [7, 11) is 0. The van der Waals surface area contributed by atoms with Gasteiger partial charge in [-0.1, -0.05) is 24.3 Å². The molecule has 4 rings (SSSR count). The Labute approximate surface area is 175 Å². The minimum absolute atomic E-state index is 0.130. The Kier molecular flexibility index (Phi) is 6.21. The van der Waals surface area contributed by atoms with Crippen LogP contribution in [-0.4, -0.2) is 60.4 Å². The van der Waals surface area contributed by atoms with E-state index in [0.717, 1.165) is 44.1 Å². The molecular formula is C23H25N3O4. The maximum Gasteiger partial charge on any atom is 0.261 e. The Hall–Kier alpha value is -3.03. The highest BCUT2D eigenvalue weighted by Gasteiger charge is 2.34. The van der Waals surface area contributed by atoms with Crippen LogP contribution >= 0.6 is 0 Å². The molecule has 0 aromatic heterocycles. The van der Waals surface area contributed by atoms with Gasteiger partial charge in [-0.3, -0.25) is 24.2 Å². The molecule has 0 aliphatic carbocycles. The summed E-state index contributed by atoms with van der Waals surface area (Å²) < 4.78 is 5.38. The third-order valence-corrected chi connectivity index (χ3v) is 5.38. The Morgan fingerprint density at radius 2 is 1.67 bits per heavy atom. The molecular weight excluding hydrogens is 382 g/mol. The number of imide groups is 1. The second-order valence-corrected chi connectivity index (χ2v) is 7.55. The summed E-state index contributed by atoms with van der Waals surface area (Å²) in [6.45, 7) is 4.39.